The number of hydrogen-bond donors (Lipinski definition) is 1. The van der Waals surface area contributed by atoms with Crippen molar-refractivity contribution in [3.8, 4) is 0 Å². The molecule has 26 heavy (non-hydrogen) atoms. The molecule has 1 saturated heterocycles. The Balaban J connectivity index is 1.70. The number of carbonyl (C=O) groups excluding carboxylic acids is 1. The highest BCUT2D eigenvalue weighted by molar-refractivity contribution is 5.97. The summed E-state index contributed by atoms with van der Waals surface area (Å²) in [7, 11) is 0. The SMILES string of the molecule is Cc1nc(C2COCCN2C(=O)c2cnc3ccccc3c2)cc(=O)[nH]1. The Morgan fingerprint density at radius 3 is 3.00 bits per heavy atom. The molecule has 2 aromatic heterocycles. The molecule has 0 saturated carbocycles. The topological polar surface area (TPSA) is 88.2 Å². The number of ether oxygens (including phenoxy) is 1. The molecule has 1 aliphatic rings. The highest BCUT2D eigenvalue weighted by Gasteiger charge is 2.31. The van der Waals surface area contributed by atoms with Crippen molar-refractivity contribution < 1.29 is 9.53 Å². The summed E-state index contributed by atoms with van der Waals surface area (Å²) in [5.41, 5.74) is 1.65. The molecular formula is C19H18N4O3. The predicted octanol–water partition coefficient (Wildman–Crippen LogP) is 1.84. The summed E-state index contributed by atoms with van der Waals surface area (Å²) < 4.78 is 5.54. The Bertz CT molecular complexity index is 1030. The normalized spacial score (nSPS) is 17.4. The van der Waals surface area contributed by atoms with Crippen LogP contribution in [0.25, 0.3) is 10.9 Å². The number of amides is 1. The van der Waals surface area contributed by atoms with E-state index in [1.807, 2.05) is 30.3 Å². The Hall–Kier alpha value is -3.06. The number of carbonyl (C=O) groups is 1. The highest BCUT2D eigenvalue weighted by atomic mass is 16.5. The second kappa shape index (κ2) is 6.68. The van der Waals surface area contributed by atoms with Crippen LogP contribution in [-0.2, 0) is 4.74 Å². The van der Waals surface area contributed by atoms with Gasteiger partial charge in [-0.05, 0) is 19.1 Å². The maximum atomic E-state index is 13.1. The largest absolute Gasteiger partial charge is 0.377 e. The molecule has 1 fully saturated rings. The number of morpholine rings is 1. The molecule has 1 amide bonds. The van der Waals surface area contributed by atoms with Crippen molar-refractivity contribution in [2.24, 2.45) is 0 Å². The lowest BCUT2D eigenvalue weighted by molar-refractivity contribution is -0.00402. The van der Waals surface area contributed by atoms with Gasteiger partial charge in [0.2, 0.25) is 0 Å². The van der Waals surface area contributed by atoms with Crippen molar-refractivity contribution in [1.82, 2.24) is 19.9 Å². The molecule has 4 rings (SSSR count). The Morgan fingerprint density at radius 2 is 2.15 bits per heavy atom. The Labute approximate surface area is 149 Å². The number of aromatic amines is 1. The van der Waals surface area contributed by atoms with Crippen molar-refractivity contribution in [3.63, 3.8) is 0 Å². The first kappa shape index (κ1) is 16.4. The van der Waals surface area contributed by atoms with Gasteiger partial charge in [0.25, 0.3) is 11.5 Å². The molecule has 1 N–H and O–H groups in total. The molecule has 1 aromatic carbocycles. The zero-order chi connectivity index (χ0) is 18.1. The van der Waals surface area contributed by atoms with E-state index < -0.39 is 6.04 Å². The van der Waals surface area contributed by atoms with Gasteiger partial charge in [-0.15, -0.1) is 0 Å². The summed E-state index contributed by atoms with van der Waals surface area (Å²) in [4.78, 5) is 38.0. The molecule has 132 valence electrons. The Morgan fingerprint density at radius 1 is 1.31 bits per heavy atom. The van der Waals surface area contributed by atoms with Gasteiger partial charge >= 0.3 is 0 Å². The summed E-state index contributed by atoms with van der Waals surface area (Å²) in [6.45, 7) is 2.91. The minimum absolute atomic E-state index is 0.142. The van der Waals surface area contributed by atoms with E-state index in [0.29, 0.717) is 36.8 Å². The van der Waals surface area contributed by atoms with Crippen molar-refractivity contribution in [2.45, 2.75) is 13.0 Å². The number of pyridine rings is 1. The fourth-order valence-electron chi connectivity index (χ4n) is 3.22. The monoisotopic (exact) mass is 350 g/mol. The van der Waals surface area contributed by atoms with E-state index >= 15 is 0 Å². The molecule has 1 aliphatic heterocycles. The van der Waals surface area contributed by atoms with Crippen LogP contribution in [0.2, 0.25) is 0 Å². The molecule has 7 heteroatoms. The molecule has 0 radical (unpaired) electrons. The number of aryl methyl sites for hydroxylation is 1. The summed E-state index contributed by atoms with van der Waals surface area (Å²) in [6, 6.07) is 10.5. The van der Waals surface area contributed by atoms with Gasteiger partial charge in [-0.1, -0.05) is 18.2 Å². The Kier molecular flexibility index (Phi) is 4.22. The fraction of sp³-hybridized carbons (Fsp3) is 0.263. The molecule has 1 atom stereocenters. The highest BCUT2D eigenvalue weighted by Crippen LogP contribution is 2.25. The van der Waals surface area contributed by atoms with Gasteiger partial charge in [-0.3, -0.25) is 14.6 Å². The standard InChI is InChI=1S/C19H18N4O3/c1-12-21-16(9-18(24)22-12)17-11-26-7-6-23(17)19(25)14-8-13-4-2-3-5-15(13)20-10-14/h2-5,8-10,17H,6-7,11H2,1H3,(H,21,22,24). The van der Waals surface area contributed by atoms with Gasteiger partial charge in [0.15, 0.2) is 0 Å². The van der Waals surface area contributed by atoms with E-state index in [9.17, 15) is 9.59 Å². The summed E-state index contributed by atoms with van der Waals surface area (Å²) >= 11 is 0. The van der Waals surface area contributed by atoms with E-state index in [2.05, 4.69) is 15.0 Å². The molecule has 3 heterocycles. The average molecular weight is 350 g/mol. The molecule has 1 unspecified atom stereocenters. The van der Waals surface area contributed by atoms with Gasteiger partial charge in [0.1, 0.15) is 5.82 Å². The lowest BCUT2D eigenvalue weighted by Gasteiger charge is -2.35. The summed E-state index contributed by atoms with van der Waals surface area (Å²) in [6.07, 6.45) is 1.59. The summed E-state index contributed by atoms with van der Waals surface area (Å²) in [5, 5.41) is 0.910. The van der Waals surface area contributed by atoms with Crippen LogP contribution in [-0.4, -0.2) is 45.5 Å². The van der Waals surface area contributed by atoms with E-state index in [4.69, 9.17) is 4.74 Å². The van der Waals surface area contributed by atoms with Crippen molar-refractivity contribution in [2.75, 3.05) is 19.8 Å². The van der Waals surface area contributed by atoms with E-state index in [1.165, 1.54) is 6.07 Å². The predicted molar refractivity (Wildman–Crippen MR) is 95.9 cm³/mol. The third-order valence-electron chi connectivity index (χ3n) is 4.45. The molecule has 0 spiro atoms. The van der Waals surface area contributed by atoms with Crippen LogP contribution in [0.5, 0.6) is 0 Å². The molecular weight excluding hydrogens is 332 g/mol. The van der Waals surface area contributed by atoms with Crippen molar-refractivity contribution >= 4 is 16.8 Å². The first-order valence-electron chi connectivity index (χ1n) is 8.43. The van der Waals surface area contributed by atoms with Gasteiger partial charge < -0.3 is 14.6 Å². The number of nitrogens with one attached hydrogen (secondary N) is 1. The maximum absolute atomic E-state index is 13.1. The molecule has 0 bridgehead atoms. The van der Waals surface area contributed by atoms with Crippen LogP contribution in [0.1, 0.15) is 27.9 Å². The third kappa shape index (κ3) is 3.09. The van der Waals surface area contributed by atoms with E-state index in [1.54, 1.807) is 18.0 Å². The van der Waals surface area contributed by atoms with Crippen molar-refractivity contribution in [3.05, 3.63) is 70.0 Å². The molecule has 3 aromatic rings. The minimum Gasteiger partial charge on any atom is -0.377 e. The number of benzene rings is 1. The lowest BCUT2D eigenvalue weighted by atomic mass is 10.1. The van der Waals surface area contributed by atoms with Crippen LogP contribution >= 0.6 is 0 Å². The van der Waals surface area contributed by atoms with Gasteiger partial charge in [-0.25, -0.2) is 4.98 Å². The maximum Gasteiger partial charge on any atom is 0.256 e. The quantitative estimate of drug-likeness (QED) is 0.762. The van der Waals surface area contributed by atoms with Gasteiger partial charge in [0.05, 0.1) is 36.0 Å². The summed E-state index contributed by atoms with van der Waals surface area (Å²) in [5.74, 6) is 0.370. The zero-order valence-corrected chi connectivity index (χ0v) is 14.3. The number of rotatable bonds is 2. The van der Waals surface area contributed by atoms with Crippen molar-refractivity contribution in [1.29, 1.82) is 0 Å². The molecule has 7 nitrogen and oxygen atoms in total. The average Bonchev–Trinajstić information content (AvgIpc) is 2.66. The lowest BCUT2D eigenvalue weighted by Crippen LogP contribution is -2.44. The van der Waals surface area contributed by atoms with Crippen LogP contribution < -0.4 is 5.56 Å². The first-order valence-corrected chi connectivity index (χ1v) is 8.43. The number of para-hydroxylation sites is 1. The minimum atomic E-state index is -0.399. The smallest absolute Gasteiger partial charge is 0.256 e. The van der Waals surface area contributed by atoms with Gasteiger partial charge in [-0.2, -0.15) is 0 Å². The first-order chi connectivity index (χ1) is 12.6. The number of nitrogens with zero attached hydrogens (tertiary/aromatic N) is 3. The zero-order valence-electron chi connectivity index (χ0n) is 14.3. The number of hydrogen-bond acceptors (Lipinski definition) is 5. The van der Waals surface area contributed by atoms with E-state index in [-0.39, 0.29) is 11.5 Å². The van der Waals surface area contributed by atoms with Crippen LogP contribution in [0.3, 0.4) is 0 Å². The third-order valence-corrected chi connectivity index (χ3v) is 4.45. The van der Waals surface area contributed by atoms with Crippen LogP contribution in [0.4, 0.5) is 0 Å². The van der Waals surface area contributed by atoms with E-state index in [0.717, 1.165) is 10.9 Å². The fourth-order valence-corrected chi connectivity index (χ4v) is 3.22. The number of fused-ring (bicyclic) bond motifs is 1. The van der Waals surface area contributed by atoms with Crippen LogP contribution in [0, 0.1) is 6.92 Å². The van der Waals surface area contributed by atoms with Gasteiger partial charge in [0, 0.05) is 24.2 Å². The number of aromatic nitrogens is 3. The molecule has 0 aliphatic carbocycles. The van der Waals surface area contributed by atoms with Crippen LogP contribution in [0.15, 0.2) is 47.4 Å². The second-order valence-corrected chi connectivity index (χ2v) is 6.26. The number of H-pyrrole nitrogens is 1. The second-order valence-electron chi connectivity index (χ2n) is 6.26.